The van der Waals surface area contributed by atoms with Crippen LogP contribution in [0.4, 0.5) is 0 Å². The smallest absolute Gasteiger partial charge is 0.0135 e. The molecule has 0 rings (SSSR count). The number of rotatable bonds is 0. The molecule has 0 aromatic carbocycles. The molecule has 0 nitrogen and oxygen atoms in total. The quantitative estimate of drug-likeness (QED) is 0.401. The van der Waals surface area contributed by atoms with E-state index in [1.54, 1.807) is 0 Å². The summed E-state index contributed by atoms with van der Waals surface area (Å²) in [5.41, 5.74) is 0. The van der Waals surface area contributed by atoms with Gasteiger partial charge in [-0.1, -0.05) is 13.1 Å². The van der Waals surface area contributed by atoms with Crippen LogP contribution in [-0.4, -0.2) is 9.52 Å². The molecule has 0 aliphatic carbocycles. The molecule has 0 saturated heterocycles. The summed E-state index contributed by atoms with van der Waals surface area (Å²) in [5.74, 6) is 0. The van der Waals surface area contributed by atoms with E-state index >= 15 is 0 Å². The maximum Gasteiger partial charge on any atom is 0.0135 e. The predicted molar refractivity (Wildman–Crippen MR) is 20.3 cm³/mol. The van der Waals surface area contributed by atoms with Gasteiger partial charge in [0.05, 0.1) is 0 Å². The van der Waals surface area contributed by atoms with Crippen LogP contribution in [0.25, 0.3) is 0 Å². The van der Waals surface area contributed by atoms with E-state index < -0.39 is 0 Å². The molecule has 0 N–H and O–H groups in total. The van der Waals surface area contributed by atoms with Crippen molar-refractivity contribution in [1.29, 1.82) is 0 Å². The van der Waals surface area contributed by atoms with Crippen molar-refractivity contribution in [3.8, 4) is 0 Å². The minimum Gasteiger partial charge on any atom is -0.0750 e. The van der Waals surface area contributed by atoms with E-state index in [9.17, 15) is 0 Å². The Balaban J connectivity index is 0. The molecule has 0 aliphatic rings. The first-order valence-electron chi connectivity index (χ1n) is 1.41. The van der Waals surface area contributed by atoms with E-state index in [0.717, 1.165) is 0 Å². The van der Waals surface area contributed by atoms with E-state index in [4.69, 9.17) is 0 Å². The summed E-state index contributed by atoms with van der Waals surface area (Å²) >= 11 is 0. The monoisotopic (exact) mass is 119 g/mol. The van der Waals surface area contributed by atoms with Gasteiger partial charge in [-0.3, -0.25) is 0 Å². The fourth-order valence-electron chi connectivity index (χ4n) is 0. The Morgan fingerprint density at radius 2 is 1.25 bits per heavy atom. The Labute approximate surface area is 40.0 Å². The molecule has 0 bridgehead atoms. The molecule has 4 heavy (non-hydrogen) atoms. The summed E-state index contributed by atoms with van der Waals surface area (Å²) in [7, 11) is 0.417. The molecular weight excluding hydrogens is 111 g/mol. The molecule has 0 amide bonds. The molecule has 0 aliphatic heterocycles. The zero-order valence-corrected chi connectivity index (χ0v) is 5.50. The van der Waals surface area contributed by atoms with Crippen molar-refractivity contribution in [1.82, 2.24) is 0 Å². The van der Waals surface area contributed by atoms with Gasteiger partial charge in [-0.2, -0.15) is 0 Å². The number of hydrogen-bond donors (Lipinski definition) is 0. The minimum absolute atomic E-state index is 0. The molecule has 29 valence electrons. The molecule has 0 saturated carbocycles. The van der Waals surface area contributed by atoms with Crippen LogP contribution >= 0.6 is 0 Å². The topological polar surface area (TPSA) is 0 Å². The third-order valence-electron chi connectivity index (χ3n) is 0. The first-order valence-corrected chi connectivity index (χ1v) is 4.24. The average molecular weight is 119 g/mol. The van der Waals surface area contributed by atoms with Crippen LogP contribution < -0.4 is 0 Å². The zero-order chi connectivity index (χ0) is 2.71. The molecule has 0 fully saturated rings. The van der Waals surface area contributed by atoms with Gasteiger partial charge in [0.25, 0.3) is 0 Å². The van der Waals surface area contributed by atoms with Gasteiger partial charge in [-0.05, 0) is 0 Å². The molecule has 0 atom stereocenters. The van der Waals surface area contributed by atoms with E-state index in [0.29, 0.717) is 9.52 Å². The molecule has 0 aromatic rings. The maximum atomic E-state index is 2.26. The Hall–Kier alpha value is 0.723. The van der Waals surface area contributed by atoms with Gasteiger partial charge in [-0.15, -0.1) is 0 Å². The summed E-state index contributed by atoms with van der Waals surface area (Å²) < 4.78 is 0. The van der Waals surface area contributed by atoms with E-state index in [2.05, 4.69) is 13.1 Å². The first kappa shape index (κ1) is 8.83. The average Bonchev–Trinajstić information content (AvgIpc) is 0.918. The van der Waals surface area contributed by atoms with Crippen molar-refractivity contribution in [3.63, 3.8) is 0 Å². The molecule has 0 aromatic heterocycles. The molecule has 0 heterocycles. The van der Waals surface area contributed by atoms with Gasteiger partial charge in [0.15, 0.2) is 0 Å². The van der Waals surface area contributed by atoms with Crippen molar-refractivity contribution in [3.05, 3.63) is 0 Å². The van der Waals surface area contributed by atoms with E-state index in [1.165, 1.54) is 0 Å². The zero-order valence-electron chi connectivity index (χ0n) is 3.04. The Morgan fingerprint density at radius 1 is 1.25 bits per heavy atom. The third kappa shape index (κ3) is 15.5. The summed E-state index contributed by atoms with van der Waals surface area (Å²) in [6, 6.07) is 0. The van der Waals surface area contributed by atoms with Crippen LogP contribution in [0, 0.1) is 0 Å². The molecular formula is C2H8CoSi. The fourth-order valence-corrected chi connectivity index (χ4v) is 0. The van der Waals surface area contributed by atoms with Crippen LogP contribution in [0.3, 0.4) is 0 Å². The SMILES string of the molecule is C[SiH2]C.[Co]. The van der Waals surface area contributed by atoms with Crippen molar-refractivity contribution < 1.29 is 16.8 Å². The fraction of sp³-hybridized carbons (Fsp3) is 1.00. The van der Waals surface area contributed by atoms with Crippen LogP contribution in [0.5, 0.6) is 0 Å². The Bertz CT molecular complexity index is 6.00. The van der Waals surface area contributed by atoms with Crippen LogP contribution in [-0.2, 0) is 16.8 Å². The van der Waals surface area contributed by atoms with Gasteiger partial charge in [0.1, 0.15) is 0 Å². The summed E-state index contributed by atoms with van der Waals surface area (Å²) in [4.78, 5) is 0. The molecule has 0 spiro atoms. The van der Waals surface area contributed by atoms with E-state index in [-0.39, 0.29) is 16.8 Å². The van der Waals surface area contributed by atoms with Gasteiger partial charge in [0.2, 0.25) is 0 Å². The Kier molecular flexibility index (Phi) is 20.5. The van der Waals surface area contributed by atoms with Crippen molar-refractivity contribution in [2.45, 2.75) is 13.1 Å². The van der Waals surface area contributed by atoms with Gasteiger partial charge in [-0.25, -0.2) is 0 Å². The molecule has 2 heteroatoms. The van der Waals surface area contributed by atoms with Crippen molar-refractivity contribution >= 4 is 9.52 Å². The second kappa shape index (κ2) is 9.30. The van der Waals surface area contributed by atoms with Gasteiger partial charge >= 0.3 is 0 Å². The van der Waals surface area contributed by atoms with Crippen molar-refractivity contribution in [2.24, 2.45) is 0 Å². The normalized spacial score (nSPS) is 4.50. The van der Waals surface area contributed by atoms with Gasteiger partial charge < -0.3 is 0 Å². The van der Waals surface area contributed by atoms with Gasteiger partial charge in [0, 0.05) is 26.3 Å². The predicted octanol–water partition coefficient (Wildman–Crippen LogP) is 0.249. The summed E-state index contributed by atoms with van der Waals surface area (Å²) in [5, 5.41) is 0. The second-order valence-electron chi connectivity index (χ2n) is 0.707. The molecule has 0 unspecified atom stereocenters. The van der Waals surface area contributed by atoms with Crippen LogP contribution in [0.15, 0.2) is 0 Å². The molecule has 1 radical (unpaired) electrons. The second-order valence-corrected chi connectivity index (χ2v) is 2.12. The van der Waals surface area contributed by atoms with Crippen LogP contribution in [0.2, 0.25) is 13.1 Å². The standard InChI is InChI=1S/C2H8Si.Co/c1-3-2;/h3H2,1-2H3;. The minimum atomic E-state index is 0. The maximum absolute atomic E-state index is 2.26. The van der Waals surface area contributed by atoms with Crippen molar-refractivity contribution in [2.75, 3.05) is 0 Å². The third-order valence-corrected chi connectivity index (χ3v) is 0. The van der Waals surface area contributed by atoms with Crippen LogP contribution in [0.1, 0.15) is 0 Å². The summed E-state index contributed by atoms with van der Waals surface area (Å²) in [6.07, 6.45) is 0. The Morgan fingerprint density at radius 3 is 1.25 bits per heavy atom. The first-order chi connectivity index (χ1) is 1.41. The summed E-state index contributed by atoms with van der Waals surface area (Å²) in [6.45, 7) is 4.53. The van der Waals surface area contributed by atoms with E-state index in [1.807, 2.05) is 0 Å². The largest absolute Gasteiger partial charge is 0.0750 e. The number of hydrogen-bond acceptors (Lipinski definition) is 0.